The fraction of sp³-hybridized carbons (Fsp3) is 1.00. The van der Waals surface area contributed by atoms with Crippen molar-refractivity contribution in [3.63, 3.8) is 0 Å². The summed E-state index contributed by atoms with van der Waals surface area (Å²) in [7, 11) is 0. The molecule has 1 N–H and O–H groups in total. The van der Waals surface area contributed by atoms with E-state index in [0.717, 1.165) is 26.0 Å². The van der Waals surface area contributed by atoms with Crippen molar-refractivity contribution in [1.29, 1.82) is 0 Å². The van der Waals surface area contributed by atoms with Gasteiger partial charge in [-0.3, -0.25) is 0 Å². The predicted octanol–water partition coefficient (Wildman–Crippen LogP) is 2.49. The molecule has 3 unspecified atom stereocenters. The van der Waals surface area contributed by atoms with Gasteiger partial charge < -0.3 is 14.8 Å². The lowest BCUT2D eigenvalue weighted by atomic mass is 9.84. The average molecular weight is 241 g/mol. The molecule has 0 amide bonds. The molecule has 0 saturated heterocycles. The maximum absolute atomic E-state index is 6.08. The predicted molar refractivity (Wildman–Crippen MR) is 69.2 cm³/mol. The molecular formula is C14H27NO2. The van der Waals surface area contributed by atoms with Gasteiger partial charge in [-0.05, 0) is 45.1 Å². The molecule has 2 rings (SSSR count). The van der Waals surface area contributed by atoms with Crippen molar-refractivity contribution in [3.8, 4) is 0 Å². The SMILES string of the molecule is CCCNC1CC(OC2CCC2)C1OCCC. The highest BCUT2D eigenvalue weighted by molar-refractivity contribution is 4.98. The van der Waals surface area contributed by atoms with Crippen molar-refractivity contribution < 1.29 is 9.47 Å². The van der Waals surface area contributed by atoms with Gasteiger partial charge in [0.1, 0.15) is 0 Å². The quantitative estimate of drug-likeness (QED) is 0.708. The minimum Gasteiger partial charge on any atom is -0.374 e. The molecule has 2 aliphatic rings. The highest BCUT2D eigenvalue weighted by atomic mass is 16.6. The summed E-state index contributed by atoms with van der Waals surface area (Å²) >= 11 is 0. The molecule has 0 spiro atoms. The van der Waals surface area contributed by atoms with E-state index in [1.807, 2.05) is 0 Å². The van der Waals surface area contributed by atoms with Crippen molar-refractivity contribution in [2.45, 2.75) is 76.7 Å². The van der Waals surface area contributed by atoms with Gasteiger partial charge in [-0.2, -0.15) is 0 Å². The summed E-state index contributed by atoms with van der Waals surface area (Å²) in [5, 5.41) is 3.56. The van der Waals surface area contributed by atoms with Gasteiger partial charge in [-0.15, -0.1) is 0 Å². The lowest BCUT2D eigenvalue weighted by molar-refractivity contribution is -0.180. The summed E-state index contributed by atoms with van der Waals surface area (Å²) in [6, 6.07) is 0.520. The number of hydrogen-bond donors (Lipinski definition) is 1. The smallest absolute Gasteiger partial charge is 0.0990 e. The molecule has 0 heterocycles. The van der Waals surface area contributed by atoms with Crippen LogP contribution in [0.2, 0.25) is 0 Å². The Bertz CT molecular complexity index is 218. The molecular weight excluding hydrogens is 214 g/mol. The third-order valence-electron chi connectivity index (χ3n) is 3.84. The van der Waals surface area contributed by atoms with E-state index in [0.29, 0.717) is 24.4 Å². The Kier molecular flexibility index (Phi) is 5.26. The number of rotatable bonds is 8. The van der Waals surface area contributed by atoms with E-state index in [-0.39, 0.29) is 0 Å². The van der Waals surface area contributed by atoms with E-state index in [1.54, 1.807) is 0 Å². The first-order valence-electron chi connectivity index (χ1n) is 7.35. The first kappa shape index (κ1) is 13.3. The molecule has 0 bridgehead atoms. The van der Waals surface area contributed by atoms with Crippen LogP contribution in [-0.2, 0) is 9.47 Å². The fourth-order valence-corrected chi connectivity index (χ4v) is 2.48. The van der Waals surface area contributed by atoms with Crippen molar-refractivity contribution in [3.05, 3.63) is 0 Å². The molecule has 3 heteroatoms. The summed E-state index contributed by atoms with van der Waals surface area (Å²) in [5.41, 5.74) is 0. The van der Waals surface area contributed by atoms with Crippen LogP contribution < -0.4 is 5.32 Å². The van der Waals surface area contributed by atoms with Crippen LogP contribution in [0.15, 0.2) is 0 Å². The van der Waals surface area contributed by atoms with Gasteiger partial charge in [0.25, 0.3) is 0 Å². The van der Waals surface area contributed by atoms with Crippen LogP contribution in [0.5, 0.6) is 0 Å². The normalized spacial score (nSPS) is 33.2. The van der Waals surface area contributed by atoms with E-state index in [9.17, 15) is 0 Å². The highest BCUT2D eigenvalue weighted by Gasteiger charge is 2.44. The van der Waals surface area contributed by atoms with E-state index < -0.39 is 0 Å². The summed E-state index contributed by atoms with van der Waals surface area (Å²) in [6.07, 6.45) is 8.43. The van der Waals surface area contributed by atoms with E-state index in [4.69, 9.17) is 9.47 Å². The molecule has 2 aliphatic carbocycles. The van der Waals surface area contributed by atoms with Crippen molar-refractivity contribution in [2.24, 2.45) is 0 Å². The lowest BCUT2D eigenvalue weighted by Gasteiger charge is -2.47. The van der Waals surface area contributed by atoms with Crippen molar-refractivity contribution in [1.82, 2.24) is 5.32 Å². The Hall–Kier alpha value is -0.120. The minimum absolute atomic E-state index is 0.294. The molecule has 0 aromatic rings. The van der Waals surface area contributed by atoms with Crippen molar-refractivity contribution in [2.75, 3.05) is 13.2 Å². The van der Waals surface area contributed by atoms with E-state index in [2.05, 4.69) is 19.2 Å². The molecule has 0 aromatic heterocycles. The molecule has 0 radical (unpaired) electrons. The van der Waals surface area contributed by atoms with Crippen LogP contribution in [0.3, 0.4) is 0 Å². The van der Waals surface area contributed by atoms with Crippen LogP contribution >= 0.6 is 0 Å². The molecule has 17 heavy (non-hydrogen) atoms. The van der Waals surface area contributed by atoms with Gasteiger partial charge in [-0.1, -0.05) is 13.8 Å². The standard InChI is InChI=1S/C14H27NO2/c1-3-8-15-12-10-13(14(12)16-9-4-2)17-11-6-5-7-11/h11-15H,3-10H2,1-2H3. The Morgan fingerprint density at radius 1 is 1.18 bits per heavy atom. The topological polar surface area (TPSA) is 30.5 Å². The van der Waals surface area contributed by atoms with Gasteiger partial charge in [-0.25, -0.2) is 0 Å². The molecule has 2 fully saturated rings. The highest BCUT2D eigenvalue weighted by Crippen LogP contribution is 2.33. The molecule has 100 valence electrons. The van der Waals surface area contributed by atoms with Crippen LogP contribution in [0.25, 0.3) is 0 Å². The Balaban J connectivity index is 1.72. The molecule has 3 nitrogen and oxygen atoms in total. The van der Waals surface area contributed by atoms with Gasteiger partial charge in [0.2, 0.25) is 0 Å². The third kappa shape index (κ3) is 3.43. The Labute approximate surface area is 105 Å². The molecule has 3 atom stereocenters. The minimum atomic E-state index is 0.294. The number of ether oxygens (including phenoxy) is 2. The second-order valence-corrected chi connectivity index (χ2v) is 5.36. The maximum atomic E-state index is 6.08. The summed E-state index contributed by atoms with van der Waals surface area (Å²) in [5.74, 6) is 0. The third-order valence-corrected chi connectivity index (χ3v) is 3.84. The molecule has 0 aromatic carbocycles. The molecule has 0 aliphatic heterocycles. The van der Waals surface area contributed by atoms with Crippen LogP contribution in [0, 0.1) is 0 Å². The first-order valence-corrected chi connectivity index (χ1v) is 7.35. The van der Waals surface area contributed by atoms with Crippen LogP contribution in [0.1, 0.15) is 52.4 Å². The molecule has 2 saturated carbocycles. The summed E-state index contributed by atoms with van der Waals surface area (Å²) in [6.45, 7) is 6.32. The van der Waals surface area contributed by atoms with E-state index >= 15 is 0 Å². The van der Waals surface area contributed by atoms with Crippen LogP contribution in [0.4, 0.5) is 0 Å². The Morgan fingerprint density at radius 3 is 2.59 bits per heavy atom. The lowest BCUT2D eigenvalue weighted by Crippen LogP contribution is -2.61. The number of nitrogens with one attached hydrogen (secondary N) is 1. The summed E-state index contributed by atoms with van der Waals surface area (Å²) < 4.78 is 12.0. The van der Waals surface area contributed by atoms with Gasteiger partial charge >= 0.3 is 0 Å². The second kappa shape index (κ2) is 6.72. The van der Waals surface area contributed by atoms with Crippen LogP contribution in [-0.4, -0.2) is 37.5 Å². The van der Waals surface area contributed by atoms with Gasteiger partial charge in [0, 0.05) is 12.6 Å². The van der Waals surface area contributed by atoms with Crippen molar-refractivity contribution >= 4 is 0 Å². The zero-order valence-electron chi connectivity index (χ0n) is 11.3. The number of hydrogen-bond acceptors (Lipinski definition) is 3. The zero-order valence-corrected chi connectivity index (χ0v) is 11.3. The maximum Gasteiger partial charge on any atom is 0.0990 e. The first-order chi connectivity index (χ1) is 8.35. The summed E-state index contributed by atoms with van der Waals surface area (Å²) in [4.78, 5) is 0. The van der Waals surface area contributed by atoms with E-state index in [1.165, 1.54) is 25.7 Å². The zero-order chi connectivity index (χ0) is 12.1. The Morgan fingerprint density at radius 2 is 2.00 bits per heavy atom. The monoisotopic (exact) mass is 241 g/mol. The van der Waals surface area contributed by atoms with Gasteiger partial charge in [0.15, 0.2) is 0 Å². The van der Waals surface area contributed by atoms with Gasteiger partial charge in [0.05, 0.1) is 18.3 Å². The largest absolute Gasteiger partial charge is 0.374 e. The average Bonchev–Trinajstić information content (AvgIpc) is 2.25. The second-order valence-electron chi connectivity index (χ2n) is 5.36. The fourth-order valence-electron chi connectivity index (χ4n) is 2.48.